The van der Waals surface area contributed by atoms with Gasteiger partial charge in [-0.15, -0.1) is 0 Å². The van der Waals surface area contributed by atoms with Gasteiger partial charge in [0.25, 0.3) is 0 Å². The lowest BCUT2D eigenvalue weighted by Gasteiger charge is -1.83. The Balaban J connectivity index is 2.19. The predicted octanol–water partition coefficient (Wildman–Crippen LogP) is -1.71. The topological polar surface area (TPSA) is 21.3 Å². The molecule has 0 atom stereocenters. The fourth-order valence-electron chi connectivity index (χ4n) is 0.0255. The molecule has 0 spiro atoms. The molecule has 0 aliphatic rings. The molecular weight excluding hydrogens is 114 g/mol. The second-order valence-corrected chi connectivity index (χ2v) is 2.35. The SMILES string of the molecule is [Si]N[Si]O[Si]. The van der Waals surface area contributed by atoms with E-state index in [0.29, 0.717) is 0 Å². The Morgan fingerprint density at radius 3 is 2.40 bits per heavy atom. The van der Waals surface area contributed by atoms with Crippen LogP contribution in [0.4, 0.5) is 0 Å². The Hall–Kier alpha value is 0.571. The summed E-state index contributed by atoms with van der Waals surface area (Å²) in [6.07, 6.45) is 0. The summed E-state index contributed by atoms with van der Waals surface area (Å²) >= 11 is 0. The molecule has 0 fully saturated rings. The molecule has 0 saturated carbocycles. The molecule has 1 N–H and O–H groups in total. The van der Waals surface area contributed by atoms with Gasteiger partial charge in [0.15, 0.2) is 0 Å². The Labute approximate surface area is 40.4 Å². The first-order chi connectivity index (χ1) is 2.41. The zero-order valence-corrected chi connectivity index (χ0v) is 5.41. The number of hydrogen-bond donors (Lipinski definition) is 1. The largest absolute Gasteiger partial charge is 0.445 e. The quantitative estimate of drug-likeness (QED) is 0.433. The van der Waals surface area contributed by atoms with Crippen LogP contribution in [0.25, 0.3) is 0 Å². The predicted molar refractivity (Wildman–Crippen MR) is 21.5 cm³/mol. The second-order valence-electron chi connectivity index (χ2n) is 0.329. The Morgan fingerprint density at radius 1 is 1.80 bits per heavy atom. The van der Waals surface area contributed by atoms with Crippen LogP contribution in [0.3, 0.4) is 0 Å². The Morgan fingerprint density at radius 2 is 2.40 bits per heavy atom. The fraction of sp³-hybridized carbons (Fsp3) is 0. The van der Waals surface area contributed by atoms with Crippen molar-refractivity contribution in [3.8, 4) is 0 Å². The molecule has 8 radical (unpaired) electrons. The van der Waals surface area contributed by atoms with E-state index in [0.717, 1.165) is 0 Å². The van der Waals surface area contributed by atoms with E-state index in [2.05, 4.69) is 29.7 Å². The Kier molecular flexibility index (Phi) is 5.09. The zero-order valence-electron chi connectivity index (χ0n) is 2.41. The minimum absolute atomic E-state index is 0.275. The van der Waals surface area contributed by atoms with E-state index in [4.69, 9.17) is 0 Å². The third kappa shape index (κ3) is 4.57. The summed E-state index contributed by atoms with van der Waals surface area (Å²) in [5.74, 6) is 0. The van der Waals surface area contributed by atoms with Crippen molar-refractivity contribution in [3.05, 3.63) is 0 Å². The van der Waals surface area contributed by atoms with Gasteiger partial charge in [-0.3, -0.25) is 0 Å². The van der Waals surface area contributed by atoms with Gasteiger partial charge in [-0.05, 0) is 0 Å². The van der Waals surface area contributed by atoms with Gasteiger partial charge in [0.1, 0.15) is 10.4 Å². The van der Waals surface area contributed by atoms with E-state index >= 15 is 0 Å². The highest BCUT2D eigenvalue weighted by Crippen LogP contribution is 1.39. The number of rotatable bonds is 2. The van der Waals surface area contributed by atoms with Gasteiger partial charge >= 0.3 is 9.92 Å². The van der Waals surface area contributed by atoms with Crippen LogP contribution >= 0.6 is 0 Å². The van der Waals surface area contributed by atoms with E-state index in [-0.39, 0.29) is 9.92 Å². The molecule has 0 saturated heterocycles. The van der Waals surface area contributed by atoms with Crippen molar-refractivity contribution in [3.63, 3.8) is 0 Å². The maximum Gasteiger partial charge on any atom is 0.317 e. The van der Waals surface area contributed by atoms with Gasteiger partial charge in [-0.2, -0.15) is 0 Å². The van der Waals surface area contributed by atoms with Gasteiger partial charge in [-0.25, -0.2) is 0 Å². The smallest absolute Gasteiger partial charge is 0.317 e. The molecule has 0 aromatic heterocycles. The van der Waals surface area contributed by atoms with Crippen LogP contribution in [-0.4, -0.2) is 30.8 Å². The summed E-state index contributed by atoms with van der Waals surface area (Å²) in [6, 6.07) is 0. The molecule has 2 nitrogen and oxygen atoms in total. The molecule has 0 aromatic rings. The summed E-state index contributed by atoms with van der Waals surface area (Å²) < 4.78 is 6.94. The van der Waals surface area contributed by atoms with Gasteiger partial charge in [-0.1, -0.05) is 0 Å². The average molecular weight is 115 g/mol. The molecular formula is HNOSi3. The van der Waals surface area contributed by atoms with Gasteiger partial charge < -0.3 is 8.76 Å². The summed E-state index contributed by atoms with van der Waals surface area (Å²) in [7, 11) is 6.00. The van der Waals surface area contributed by atoms with Crippen LogP contribution in [-0.2, 0) is 4.12 Å². The first-order valence-electron chi connectivity index (χ1n) is 0.908. The average Bonchev–Trinajstić information content (AvgIpc) is 1.41. The molecule has 5 heavy (non-hydrogen) atoms. The summed E-state index contributed by atoms with van der Waals surface area (Å²) in [6.45, 7) is 0. The van der Waals surface area contributed by atoms with Crippen LogP contribution in [0.5, 0.6) is 0 Å². The molecule has 0 amide bonds. The third-order valence-corrected chi connectivity index (χ3v) is 0.919. The summed E-state index contributed by atoms with van der Waals surface area (Å²) in [4.78, 5) is 0. The lowest BCUT2D eigenvalue weighted by molar-refractivity contribution is 0.659. The van der Waals surface area contributed by atoms with Gasteiger partial charge in [0, 0.05) is 0 Å². The monoisotopic (exact) mass is 115 g/mol. The first-order valence-corrected chi connectivity index (χ1v) is 2.72. The summed E-state index contributed by atoms with van der Waals surface area (Å²) in [5, 5.41) is 0. The van der Waals surface area contributed by atoms with Crippen molar-refractivity contribution in [2.45, 2.75) is 0 Å². The van der Waals surface area contributed by atoms with Crippen LogP contribution in [0.2, 0.25) is 0 Å². The van der Waals surface area contributed by atoms with Gasteiger partial charge in [0.05, 0.1) is 0 Å². The van der Waals surface area contributed by atoms with Crippen molar-refractivity contribution < 1.29 is 4.12 Å². The van der Waals surface area contributed by atoms with Crippen molar-refractivity contribution in [2.24, 2.45) is 0 Å². The van der Waals surface area contributed by atoms with E-state index in [1.165, 1.54) is 0 Å². The van der Waals surface area contributed by atoms with Crippen molar-refractivity contribution in [1.82, 2.24) is 4.65 Å². The van der Waals surface area contributed by atoms with Crippen molar-refractivity contribution in [1.29, 1.82) is 0 Å². The minimum atomic E-state index is 0.275. The highest BCUT2D eigenvalue weighted by atomic mass is 28.3. The molecule has 0 heterocycles. The maximum atomic E-state index is 4.36. The summed E-state index contributed by atoms with van der Waals surface area (Å²) in [5.41, 5.74) is 0. The highest BCUT2D eigenvalue weighted by Gasteiger charge is 1.71. The van der Waals surface area contributed by atoms with E-state index in [1.54, 1.807) is 0 Å². The van der Waals surface area contributed by atoms with Crippen LogP contribution in [0, 0.1) is 0 Å². The molecule has 0 aliphatic carbocycles. The minimum Gasteiger partial charge on any atom is -0.445 e. The zero-order chi connectivity index (χ0) is 4.12. The number of nitrogens with one attached hydrogen (secondary N) is 1. The molecule has 5 heteroatoms. The van der Waals surface area contributed by atoms with Crippen LogP contribution in [0.1, 0.15) is 0 Å². The van der Waals surface area contributed by atoms with Crippen LogP contribution < -0.4 is 4.65 Å². The maximum absolute atomic E-state index is 4.36. The number of hydrogen-bond acceptors (Lipinski definition) is 2. The van der Waals surface area contributed by atoms with E-state index < -0.39 is 0 Å². The lowest BCUT2D eigenvalue weighted by Crippen LogP contribution is -2.16. The van der Waals surface area contributed by atoms with Crippen LogP contribution in [0.15, 0.2) is 0 Å². The highest BCUT2D eigenvalue weighted by molar-refractivity contribution is 6.40. The van der Waals surface area contributed by atoms with Crippen molar-refractivity contribution in [2.75, 3.05) is 0 Å². The molecule has 24 valence electrons. The van der Waals surface area contributed by atoms with E-state index in [9.17, 15) is 0 Å². The normalized spacial score (nSPS) is 8.40. The molecule has 0 unspecified atom stereocenters. The third-order valence-electron chi connectivity index (χ3n) is 0.102. The van der Waals surface area contributed by atoms with E-state index in [1.807, 2.05) is 0 Å². The standard InChI is InChI=1S/HNOSi3/c3-1-5-2-4/h1H. The molecule has 0 bridgehead atoms. The molecule has 0 aliphatic heterocycles. The van der Waals surface area contributed by atoms with Crippen molar-refractivity contribution >= 4 is 30.8 Å². The second kappa shape index (κ2) is 4.57. The lowest BCUT2D eigenvalue weighted by atomic mass is 13.9. The van der Waals surface area contributed by atoms with Gasteiger partial charge in [0.2, 0.25) is 10.5 Å². The molecule has 0 rings (SSSR count). The first kappa shape index (κ1) is 5.57. The Bertz CT molecular complexity index is 14.4. The molecule has 0 aromatic carbocycles. The fourth-order valence-corrected chi connectivity index (χ4v) is 0.689.